The second-order valence-electron chi connectivity index (χ2n) is 6.47. The first kappa shape index (κ1) is 20.3. The van der Waals surface area contributed by atoms with Gasteiger partial charge in [0, 0.05) is 40.1 Å². The Morgan fingerprint density at radius 1 is 1.42 bits per heavy atom. The fraction of sp³-hybridized carbons (Fsp3) is 0.647. The average molecular weight is 382 g/mol. The van der Waals surface area contributed by atoms with E-state index in [1.165, 1.54) is 6.92 Å². The minimum absolute atomic E-state index is 0.0469. The number of aromatic nitrogens is 2. The Bertz CT molecular complexity index is 611. The Kier molecular flexibility index (Phi) is 7.50. The smallest absolute Gasteiger partial charge is 0.245 e. The Morgan fingerprint density at radius 3 is 2.77 bits per heavy atom. The van der Waals surface area contributed by atoms with Crippen molar-refractivity contribution in [2.45, 2.75) is 31.9 Å². The van der Waals surface area contributed by atoms with E-state index in [0.717, 1.165) is 18.0 Å². The van der Waals surface area contributed by atoms with E-state index in [1.54, 1.807) is 22.7 Å². The molecule has 144 valence electrons. The molecule has 0 bridgehead atoms. The third-order valence-corrected chi connectivity index (χ3v) is 4.76. The van der Waals surface area contributed by atoms with Crippen LogP contribution in [0.3, 0.4) is 0 Å². The van der Waals surface area contributed by atoms with E-state index in [4.69, 9.17) is 4.74 Å². The molecule has 8 nitrogen and oxygen atoms in total. The van der Waals surface area contributed by atoms with Crippen molar-refractivity contribution in [2.75, 3.05) is 44.1 Å². The van der Waals surface area contributed by atoms with Gasteiger partial charge in [-0.2, -0.15) is 11.8 Å². The largest absolute Gasteiger partial charge is 0.471 e. The number of nitrogens with zero attached hydrogens (tertiary/aromatic N) is 4. The summed E-state index contributed by atoms with van der Waals surface area (Å²) >= 11 is 1.66. The first-order valence-corrected chi connectivity index (χ1v) is 10.0. The number of ether oxygens (including phenoxy) is 1. The number of hydrogen-bond acceptors (Lipinski definition) is 7. The number of amides is 2. The van der Waals surface area contributed by atoms with Crippen molar-refractivity contribution in [3.8, 4) is 5.88 Å². The number of carbonyl (C=O) groups is 2. The van der Waals surface area contributed by atoms with E-state index >= 15 is 0 Å². The van der Waals surface area contributed by atoms with Crippen molar-refractivity contribution in [2.24, 2.45) is 0 Å². The lowest BCUT2D eigenvalue weighted by Gasteiger charge is -2.24. The zero-order chi connectivity index (χ0) is 19.1. The SMILES string of the molecule is CSCCC(NC(C)=O)C(=O)N1CCC(Oc2ccc(N(C)C)nn2)C1. The number of thioether (sulfide) groups is 1. The van der Waals surface area contributed by atoms with Gasteiger partial charge in [-0.25, -0.2) is 0 Å². The van der Waals surface area contributed by atoms with Gasteiger partial charge in [-0.15, -0.1) is 10.2 Å². The summed E-state index contributed by atoms with van der Waals surface area (Å²) in [5, 5.41) is 10.9. The third kappa shape index (κ3) is 5.76. The van der Waals surface area contributed by atoms with Crippen LogP contribution >= 0.6 is 11.8 Å². The fourth-order valence-corrected chi connectivity index (χ4v) is 3.24. The first-order chi connectivity index (χ1) is 12.4. The van der Waals surface area contributed by atoms with E-state index in [2.05, 4.69) is 15.5 Å². The molecule has 2 heterocycles. The lowest BCUT2D eigenvalue weighted by atomic mass is 10.2. The molecule has 1 fully saturated rings. The maximum Gasteiger partial charge on any atom is 0.245 e. The van der Waals surface area contributed by atoms with Crippen LogP contribution in [0.2, 0.25) is 0 Å². The molecule has 1 saturated heterocycles. The minimum atomic E-state index is -0.474. The average Bonchev–Trinajstić information content (AvgIpc) is 3.06. The van der Waals surface area contributed by atoms with Crippen molar-refractivity contribution in [1.82, 2.24) is 20.4 Å². The highest BCUT2D eigenvalue weighted by molar-refractivity contribution is 7.98. The molecular formula is C17H27N5O3S. The lowest BCUT2D eigenvalue weighted by Crippen LogP contribution is -2.48. The van der Waals surface area contributed by atoms with Crippen LogP contribution in [0.4, 0.5) is 5.82 Å². The Hall–Kier alpha value is -2.03. The van der Waals surface area contributed by atoms with Crippen molar-refractivity contribution in [1.29, 1.82) is 0 Å². The van der Waals surface area contributed by atoms with Gasteiger partial charge in [-0.1, -0.05) is 0 Å². The quantitative estimate of drug-likeness (QED) is 0.712. The fourth-order valence-electron chi connectivity index (χ4n) is 2.77. The highest BCUT2D eigenvalue weighted by Gasteiger charge is 2.32. The molecule has 1 aromatic rings. The van der Waals surface area contributed by atoms with E-state index in [1.807, 2.05) is 31.3 Å². The van der Waals surface area contributed by atoms with Gasteiger partial charge in [-0.3, -0.25) is 9.59 Å². The predicted octanol–water partition coefficient (Wildman–Crippen LogP) is 0.780. The van der Waals surface area contributed by atoms with Gasteiger partial charge in [0.25, 0.3) is 0 Å². The van der Waals surface area contributed by atoms with Crippen LogP contribution in [0.5, 0.6) is 5.88 Å². The third-order valence-electron chi connectivity index (χ3n) is 4.11. The van der Waals surface area contributed by atoms with Crippen LogP contribution in [-0.4, -0.2) is 78.3 Å². The van der Waals surface area contributed by atoms with Gasteiger partial charge >= 0.3 is 0 Å². The molecule has 9 heteroatoms. The number of anilines is 1. The second-order valence-corrected chi connectivity index (χ2v) is 7.46. The molecule has 2 amide bonds. The number of rotatable bonds is 8. The Morgan fingerprint density at radius 2 is 2.19 bits per heavy atom. The molecular weight excluding hydrogens is 354 g/mol. The van der Waals surface area contributed by atoms with Crippen LogP contribution in [0.1, 0.15) is 19.8 Å². The predicted molar refractivity (Wildman–Crippen MR) is 103 cm³/mol. The maximum atomic E-state index is 12.7. The van der Waals surface area contributed by atoms with E-state index < -0.39 is 6.04 Å². The molecule has 1 aliphatic rings. The monoisotopic (exact) mass is 381 g/mol. The van der Waals surface area contributed by atoms with Crippen molar-refractivity contribution in [3.63, 3.8) is 0 Å². The molecule has 26 heavy (non-hydrogen) atoms. The molecule has 2 rings (SSSR count). The molecule has 0 aliphatic carbocycles. The zero-order valence-electron chi connectivity index (χ0n) is 15.8. The first-order valence-electron chi connectivity index (χ1n) is 8.63. The van der Waals surface area contributed by atoms with Crippen LogP contribution in [0.15, 0.2) is 12.1 Å². The Balaban J connectivity index is 1.91. The molecule has 1 aliphatic heterocycles. The number of likely N-dealkylation sites (tertiary alicyclic amines) is 1. The molecule has 0 spiro atoms. The summed E-state index contributed by atoms with van der Waals surface area (Å²) in [7, 11) is 3.79. The van der Waals surface area contributed by atoms with Crippen LogP contribution < -0.4 is 15.0 Å². The van der Waals surface area contributed by atoms with Crippen LogP contribution in [0.25, 0.3) is 0 Å². The van der Waals surface area contributed by atoms with E-state index in [0.29, 0.717) is 25.4 Å². The summed E-state index contributed by atoms with van der Waals surface area (Å²) in [6.45, 7) is 2.54. The molecule has 0 radical (unpaired) electrons. The van der Waals surface area contributed by atoms with Gasteiger partial charge in [0.2, 0.25) is 17.7 Å². The van der Waals surface area contributed by atoms with Gasteiger partial charge in [0.1, 0.15) is 12.1 Å². The highest BCUT2D eigenvalue weighted by Crippen LogP contribution is 2.19. The number of nitrogens with one attached hydrogen (secondary N) is 1. The topological polar surface area (TPSA) is 87.7 Å². The van der Waals surface area contributed by atoms with Gasteiger partial charge in [0.15, 0.2) is 5.82 Å². The van der Waals surface area contributed by atoms with Gasteiger partial charge in [-0.05, 0) is 24.5 Å². The van der Waals surface area contributed by atoms with Crippen LogP contribution in [-0.2, 0) is 9.59 Å². The Labute approximate surface area is 158 Å². The second kappa shape index (κ2) is 9.61. The molecule has 0 saturated carbocycles. The molecule has 1 N–H and O–H groups in total. The zero-order valence-corrected chi connectivity index (χ0v) is 16.6. The summed E-state index contributed by atoms with van der Waals surface area (Å²) in [5.74, 6) is 1.79. The number of carbonyl (C=O) groups excluding carboxylic acids is 2. The van der Waals surface area contributed by atoms with Crippen molar-refractivity contribution >= 4 is 29.4 Å². The minimum Gasteiger partial charge on any atom is -0.471 e. The van der Waals surface area contributed by atoms with Gasteiger partial charge < -0.3 is 19.9 Å². The van der Waals surface area contributed by atoms with E-state index in [9.17, 15) is 9.59 Å². The summed E-state index contributed by atoms with van der Waals surface area (Å²) < 4.78 is 5.85. The van der Waals surface area contributed by atoms with Gasteiger partial charge in [0.05, 0.1) is 6.54 Å². The normalized spacial score (nSPS) is 17.7. The molecule has 1 aromatic heterocycles. The standard InChI is InChI=1S/C17H27N5O3S/c1-12(23)18-14(8-10-26-4)17(24)22-9-7-13(11-22)25-16-6-5-15(19-20-16)21(2)3/h5-6,13-14H,7-11H2,1-4H3,(H,18,23). The summed E-state index contributed by atoms with van der Waals surface area (Å²) in [5.41, 5.74) is 0. The van der Waals surface area contributed by atoms with Crippen LogP contribution in [0, 0.1) is 0 Å². The molecule has 2 unspecified atom stereocenters. The maximum absolute atomic E-state index is 12.7. The van der Waals surface area contributed by atoms with Crippen molar-refractivity contribution < 1.29 is 14.3 Å². The summed E-state index contributed by atoms with van der Waals surface area (Å²) in [6.07, 6.45) is 3.23. The summed E-state index contributed by atoms with van der Waals surface area (Å²) in [6, 6.07) is 3.15. The van der Waals surface area contributed by atoms with Crippen molar-refractivity contribution in [3.05, 3.63) is 12.1 Å². The molecule has 0 aromatic carbocycles. The number of hydrogen-bond donors (Lipinski definition) is 1. The highest BCUT2D eigenvalue weighted by atomic mass is 32.2. The molecule has 2 atom stereocenters. The summed E-state index contributed by atoms with van der Waals surface area (Å²) in [4.78, 5) is 27.7. The lowest BCUT2D eigenvalue weighted by molar-refractivity contribution is -0.135. The van der Waals surface area contributed by atoms with E-state index in [-0.39, 0.29) is 17.9 Å².